The van der Waals surface area contributed by atoms with Crippen molar-refractivity contribution >= 4 is 35.2 Å². The zero-order chi connectivity index (χ0) is 20.3. The van der Waals surface area contributed by atoms with Gasteiger partial charge in [0, 0.05) is 37.1 Å². The average molecular weight is 420 g/mol. The van der Waals surface area contributed by atoms with E-state index in [1.165, 1.54) is 28.0 Å². The summed E-state index contributed by atoms with van der Waals surface area (Å²) < 4.78 is 7.79. The molecule has 0 saturated carbocycles. The van der Waals surface area contributed by atoms with Gasteiger partial charge in [-0.2, -0.15) is 0 Å². The highest BCUT2D eigenvalue weighted by molar-refractivity contribution is 7.73. The molecule has 0 saturated heterocycles. The maximum Gasteiger partial charge on any atom is 0.303 e. The van der Waals surface area contributed by atoms with Gasteiger partial charge in [0.1, 0.15) is 11.5 Å². The molecule has 0 spiro atoms. The number of benzene rings is 1. The lowest BCUT2D eigenvalue weighted by Crippen LogP contribution is -2.01. The molecule has 0 amide bonds. The summed E-state index contributed by atoms with van der Waals surface area (Å²) in [4.78, 5) is 21.5. The Hall–Kier alpha value is -2.98. The van der Waals surface area contributed by atoms with E-state index in [0.717, 1.165) is 0 Å². The molecule has 2 heterocycles. The molecular formula is C18H16N2O6S2. The summed E-state index contributed by atoms with van der Waals surface area (Å²) in [5, 5.41) is 29.9. The Balaban J connectivity index is 1.74. The molecule has 0 aliphatic rings. The lowest BCUT2D eigenvalue weighted by Gasteiger charge is -2.03. The van der Waals surface area contributed by atoms with E-state index in [9.17, 15) is 20.0 Å². The van der Waals surface area contributed by atoms with E-state index in [1.807, 2.05) is 0 Å². The highest BCUT2D eigenvalue weighted by Gasteiger charge is 2.15. The molecule has 8 nitrogen and oxygen atoms in total. The van der Waals surface area contributed by atoms with Gasteiger partial charge in [-0.15, -0.1) is 11.3 Å². The predicted molar refractivity (Wildman–Crippen MR) is 105 cm³/mol. The summed E-state index contributed by atoms with van der Waals surface area (Å²) >= 11 is 6.51. The summed E-state index contributed by atoms with van der Waals surface area (Å²) in [6.07, 6.45) is 0.709. The van der Waals surface area contributed by atoms with Gasteiger partial charge in [-0.25, -0.2) is 0 Å². The van der Waals surface area contributed by atoms with Crippen LogP contribution in [-0.4, -0.2) is 25.7 Å². The fourth-order valence-electron chi connectivity index (χ4n) is 2.68. The second-order valence-electron chi connectivity index (χ2n) is 6.01. The van der Waals surface area contributed by atoms with Crippen molar-refractivity contribution in [2.75, 3.05) is 0 Å². The van der Waals surface area contributed by atoms with Crippen LogP contribution in [0.25, 0.3) is 11.3 Å². The van der Waals surface area contributed by atoms with E-state index < -0.39 is 10.9 Å². The number of hydrogen-bond donors (Lipinski definition) is 2. The van der Waals surface area contributed by atoms with E-state index in [2.05, 4.69) is 0 Å². The van der Waals surface area contributed by atoms with Crippen LogP contribution in [-0.2, 0) is 17.8 Å². The number of nitro groups is 1. The van der Waals surface area contributed by atoms with Crippen molar-refractivity contribution in [1.29, 1.82) is 0 Å². The van der Waals surface area contributed by atoms with Gasteiger partial charge in [0.2, 0.25) is 5.88 Å². The highest BCUT2D eigenvalue weighted by Crippen LogP contribution is 2.31. The van der Waals surface area contributed by atoms with Crippen LogP contribution in [0, 0.1) is 14.1 Å². The summed E-state index contributed by atoms with van der Waals surface area (Å²) in [5.74, 6) is 0.302. The van der Waals surface area contributed by atoms with Gasteiger partial charge in [0.05, 0.1) is 9.80 Å². The standard InChI is InChI=1S/C18H16N2O6S2/c21-16(22)2-1-9-19-17(23)15(28-18(19)27)10-13-7-8-14(26-13)11-3-5-12(6-4-11)20(24)25/h3-8,23H,1-2,9-10H2,(H,21,22). The number of rotatable bonds is 8. The van der Waals surface area contributed by atoms with Gasteiger partial charge in [0.25, 0.3) is 5.69 Å². The molecule has 0 bridgehead atoms. The van der Waals surface area contributed by atoms with Crippen molar-refractivity contribution in [2.24, 2.45) is 0 Å². The van der Waals surface area contributed by atoms with Gasteiger partial charge < -0.3 is 14.6 Å². The minimum Gasteiger partial charge on any atom is -0.494 e. The number of nitro benzene ring substituents is 1. The van der Waals surface area contributed by atoms with Crippen molar-refractivity contribution < 1.29 is 24.3 Å². The lowest BCUT2D eigenvalue weighted by atomic mass is 10.1. The summed E-state index contributed by atoms with van der Waals surface area (Å²) in [6.45, 7) is 0.333. The third kappa shape index (κ3) is 4.46. The number of aromatic hydroxyl groups is 1. The number of nitrogens with zero attached hydrogens (tertiary/aromatic N) is 2. The van der Waals surface area contributed by atoms with Crippen molar-refractivity contribution in [1.82, 2.24) is 4.57 Å². The van der Waals surface area contributed by atoms with Gasteiger partial charge in [-0.1, -0.05) is 0 Å². The first kappa shape index (κ1) is 19.8. The first-order valence-corrected chi connectivity index (χ1v) is 9.54. The first-order chi connectivity index (χ1) is 13.3. The van der Waals surface area contributed by atoms with Crippen molar-refractivity contribution in [2.45, 2.75) is 25.8 Å². The molecule has 1 aromatic carbocycles. The van der Waals surface area contributed by atoms with Crippen LogP contribution in [0.4, 0.5) is 5.69 Å². The third-order valence-corrected chi connectivity index (χ3v) is 5.51. The van der Waals surface area contributed by atoms with E-state index >= 15 is 0 Å². The Bertz CT molecular complexity index is 1060. The zero-order valence-corrected chi connectivity index (χ0v) is 16.2. The normalized spacial score (nSPS) is 10.9. The number of furan rings is 1. The molecule has 0 fully saturated rings. The minimum atomic E-state index is -0.893. The second-order valence-corrected chi connectivity index (χ2v) is 7.74. The number of aromatic nitrogens is 1. The smallest absolute Gasteiger partial charge is 0.303 e. The first-order valence-electron chi connectivity index (χ1n) is 8.32. The molecule has 0 aliphatic heterocycles. The van der Waals surface area contributed by atoms with Crippen LogP contribution in [0.5, 0.6) is 5.88 Å². The molecule has 28 heavy (non-hydrogen) atoms. The zero-order valence-electron chi connectivity index (χ0n) is 14.5. The molecule has 3 aromatic rings. The number of hydrogen-bond acceptors (Lipinski definition) is 7. The van der Waals surface area contributed by atoms with Crippen LogP contribution in [0.15, 0.2) is 40.8 Å². The predicted octanol–water partition coefficient (Wildman–Crippen LogP) is 4.61. The van der Waals surface area contributed by atoms with Crippen LogP contribution in [0.3, 0.4) is 0 Å². The fraction of sp³-hybridized carbons (Fsp3) is 0.222. The largest absolute Gasteiger partial charge is 0.494 e. The van der Waals surface area contributed by atoms with E-state index in [-0.39, 0.29) is 18.0 Å². The van der Waals surface area contributed by atoms with E-state index in [0.29, 0.717) is 45.3 Å². The quantitative estimate of drug-likeness (QED) is 0.310. The van der Waals surface area contributed by atoms with Crippen molar-refractivity contribution in [3.63, 3.8) is 0 Å². The summed E-state index contributed by atoms with van der Waals surface area (Å²) in [5.41, 5.74) is 0.712. The SMILES string of the molecule is O=C(O)CCCn1c(O)c(Cc2ccc(-c3ccc([N+](=O)[O-])cc3)o2)sc1=S. The maximum absolute atomic E-state index is 10.7. The van der Waals surface area contributed by atoms with Gasteiger partial charge in [0.15, 0.2) is 3.95 Å². The number of non-ortho nitro benzene ring substituents is 1. The maximum atomic E-state index is 10.7. The van der Waals surface area contributed by atoms with Crippen molar-refractivity contribution in [3.8, 4) is 17.2 Å². The minimum absolute atomic E-state index is 0.00315. The number of carbonyl (C=O) groups is 1. The molecule has 3 rings (SSSR count). The summed E-state index contributed by atoms with van der Waals surface area (Å²) in [6, 6.07) is 9.57. The molecule has 0 radical (unpaired) electrons. The third-order valence-electron chi connectivity index (χ3n) is 4.07. The van der Waals surface area contributed by atoms with Crippen LogP contribution in [0.2, 0.25) is 0 Å². The Morgan fingerprint density at radius 1 is 1.25 bits per heavy atom. The monoisotopic (exact) mass is 420 g/mol. The van der Waals surface area contributed by atoms with Gasteiger partial charge in [-0.3, -0.25) is 19.5 Å². The molecule has 10 heteroatoms. The summed E-state index contributed by atoms with van der Waals surface area (Å²) in [7, 11) is 0. The van der Waals surface area contributed by atoms with Crippen LogP contribution in [0.1, 0.15) is 23.5 Å². The molecule has 0 aliphatic carbocycles. The highest BCUT2D eigenvalue weighted by atomic mass is 32.1. The Labute approximate surface area is 168 Å². The molecular weight excluding hydrogens is 404 g/mol. The molecule has 146 valence electrons. The Morgan fingerprint density at radius 3 is 2.61 bits per heavy atom. The topological polar surface area (TPSA) is 119 Å². The van der Waals surface area contributed by atoms with Gasteiger partial charge in [-0.05, 0) is 42.9 Å². The lowest BCUT2D eigenvalue weighted by molar-refractivity contribution is -0.384. The number of carboxylic acids is 1. The Kier molecular flexibility index (Phi) is 5.90. The van der Waals surface area contributed by atoms with Crippen LogP contribution < -0.4 is 0 Å². The molecule has 2 aromatic heterocycles. The van der Waals surface area contributed by atoms with Gasteiger partial charge >= 0.3 is 5.97 Å². The second kappa shape index (κ2) is 8.36. The van der Waals surface area contributed by atoms with Crippen molar-refractivity contribution in [3.05, 3.63) is 61.1 Å². The fourth-order valence-corrected chi connectivity index (χ4v) is 4.07. The van der Waals surface area contributed by atoms with E-state index in [4.69, 9.17) is 21.7 Å². The molecule has 0 unspecified atom stereocenters. The number of carboxylic acid groups (broad SMARTS) is 1. The number of aliphatic carboxylic acids is 1. The molecule has 2 N–H and O–H groups in total. The number of thiazole rings is 1. The van der Waals surface area contributed by atoms with Crippen LogP contribution >= 0.6 is 23.6 Å². The Morgan fingerprint density at radius 2 is 1.96 bits per heavy atom. The molecule has 0 atom stereocenters. The average Bonchev–Trinajstić information content (AvgIpc) is 3.22. The van der Waals surface area contributed by atoms with E-state index in [1.54, 1.807) is 24.3 Å².